The molecule has 0 unspecified atom stereocenters. The van der Waals surface area contributed by atoms with Crippen molar-refractivity contribution in [3.05, 3.63) is 65.2 Å². The van der Waals surface area contributed by atoms with E-state index >= 15 is 0 Å². The summed E-state index contributed by atoms with van der Waals surface area (Å²) in [7, 11) is 0. The lowest BCUT2D eigenvalue weighted by Crippen LogP contribution is -2.38. The van der Waals surface area contributed by atoms with Gasteiger partial charge in [-0.3, -0.25) is 4.90 Å². The summed E-state index contributed by atoms with van der Waals surface area (Å²) in [6, 6.07) is 15.1. The molecule has 3 rings (SSSR count). The Morgan fingerprint density at radius 1 is 1.03 bits per heavy atom. The van der Waals surface area contributed by atoms with Crippen molar-refractivity contribution in [2.75, 3.05) is 32.8 Å². The van der Waals surface area contributed by atoms with E-state index in [1.54, 1.807) is 18.2 Å². The molecule has 176 valence electrons. The molecule has 0 saturated carbocycles. The summed E-state index contributed by atoms with van der Waals surface area (Å²) >= 11 is 0. The molecule has 2 aromatic carbocycles. The molecule has 2 aromatic rings. The fourth-order valence-electron chi connectivity index (χ4n) is 3.41. The molecule has 2 N–H and O–H groups in total. The zero-order chi connectivity index (χ0) is 21.9. The van der Waals surface area contributed by atoms with Gasteiger partial charge in [-0.05, 0) is 24.1 Å². The van der Waals surface area contributed by atoms with Crippen LogP contribution in [-0.2, 0) is 24.4 Å². The van der Waals surface area contributed by atoms with Crippen LogP contribution in [0.15, 0.2) is 53.5 Å². The Labute approximate surface area is 205 Å². The smallest absolute Gasteiger partial charge is 0.387 e. The molecule has 1 heterocycles. The van der Waals surface area contributed by atoms with Crippen molar-refractivity contribution in [1.82, 2.24) is 15.5 Å². The molecule has 9 heteroatoms. The van der Waals surface area contributed by atoms with Crippen LogP contribution in [-0.4, -0.2) is 50.3 Å². The summed E-state index contributed by atoms with van der Waals surface area (Å²) in [6.07, 6.45) is 0. The zero-order valence-electron chi connectivity index (χ0n) is 18.2. The van der Waals surface area contributed by atoms with Gasteiger partial charge in [0.25, 0.3) is 0 Å². The number of morpholine rings is 1. The quantitative estimate of drug-likeness (QED) is 0.276. The van der Waals surface area contributed by atoms with Gasteiger partial charge in [-0.1, -0.05) is 42.5 Å². The molecule has 1 aliphatic rings. The van der Waals surface area contributed by atoms with Crippen LogP contribution in [0.4, 0.5) is 8.78 Å². The van der Waals surface area contributed by atoms with Gasteiger partial charge in [0.15, 0.2) is 5.96 Å². The van der Waals surface area contributed by atoms with Crippen LogP contribution in [0.2, 0.25) is 0 Å². The van der Waals surface area contributed by atoms with Gasteiger partial charge < -0.3 is 20.1 Å². The average Bonchev–Trinajstić information content (AvgIpc) is 2.78. The average molecular weight is 560 g/mol. The molecule has 0 aromatic heterocycles. The van der Waals surface area contributed by atoms with Crippen LogP contribution in [0.5, 0.6) is 5.75 Å². The summed E-state index contributed by atoms with van der Waals surface area (Å²) in [5.74, 6) is 0.767. The molecule has 1 fully saturated rings. The van der Waals surface area contributed by atoms with Gasteiger partial charge >= 0.3 is 6.61 Å². The van der Waals surface area contributed by atoms with E-state index in [9.17, 15) is 8.78 Å². The molecule has 0 radical (unpaired) electrons. The van der Waals surface area contributed by atoms with Gasteiger partial charge in [0, 0.05) is 38.3 Å². The number of alkyl halides is 2. The predicted molar refractivity (Wildman–Crippen MR) is 133 cm³/mol. The highest BCUT2D eigenvalue weighted by Gasteiger charge is 2.13. The molecule has 0 aliphatic carbocycles. The van der Waals surface area contributed by atoms with E-state index in [0.29, 0.717) is 24.6 Å². The Balaban J connectivity index is 0.00000363. The maximum atomic E-state index is 12.6. The lowest BCUT2D eigenvalue weighted by molar-refractivity contribution is -0.0504. The van der Waals surface area contributed by atoms with Crippen molar-refractivity contribution in [2.24, 2.45) is 4.99 Å². The van der Waals surface area contributed by atoms with Crippen molar-refractivity contribution in [1.29, 1.82) is 0 Å². The number of benzene rings is 2. The number of hydrogen-bond acceptors (Lipinski definition) is 4. The van der Waals surface area contributed by atoms with Crippen LogP contribution < -0.4 is 15.4 Å². The maximum Gasteiger partial charge on any atom is 0.387 e. The van der Waals surface area contributed by atoms with E-state index in [1.807, 2.05) is 13.0 Å². The molecular weight excluding hydrogens is 529 g/mol. The standard InChI is InChI=1S/C23H30F2N4O2.HI/c1-2-26-23(28-16-19-8-5-6-10-21(19)31-22(24)25)27-15-18-7-3-4-9-20(18)17-29-11-13-30-14-12-29;/h3-10,22H,2,11-17H2,1H3,(H2,26,27,28);1H. The van der Waals surface area contributed by atoms with Crippen LogP contribution in [0.25, 0.3) is 0 Å². The minimum absolute atomic E-state index is 0. The van der Waals surface area contributed by atoms with Crippen LogP contribution >= 0.6 is 24.0 Å². The lowest BCUT2D eigenvalue weighted by Gasteiger charge is -2.27. The third-order valence-corrected chi connectivity index (χ3v) is 5.00. The van der Waals surface area contributed by atoms with Crippen molar-refractivity contribution in [2.45, 2.75) is 33.2 Å². The monoisotopic (exact) mass is 560 g/mol. The summed E-state index contributed by atoms with van der Waals surface area (Å²) in [6.45, 7) is 4.95. The van der Waals surface area contributed by atoms with Gasteiger partial charge in [-0.2, -0.15) is 8.78 Å². The second kappa shape index (κ2) is 14.2. The molecule has 0 atom stereocenters. The number of guanidine groups is 1. The fraction of sp³-hybridized carbons (Fsp3) is 0.435. The third kappa shape index (κ3) is 8.51. The van der Waals surface area contributed by atoms with Crippen molar-refractivity contribution < 1.29 is 18.3 Å². The van der Waals surface area contributed by atoms with Crippen molar-refractivity contribution >= 4 is 29.9 Å². The first-order valence-electron chi connectivity index (χ1n) is 10.6. The Kier molecular flexibility index (Phi) is 11.7. The summed E-state index contributed by atoms with van der Waals surface area (Å²) in [4.78, 5) is 6.95. The van der Waals surface area contributed by atoms with Crippen molar-refractivity contribution in [3.63, 3.8) is 0 Å². The largest absolute Gasteiger partial charge is 0.434 e. The number of nitrogens with one attached hydrogen (secondary N) is 2. The van der Waals surface area contributed by atoms with E-state index in [-0.39, 0.29) is 36.3 Å². The Bertz CT molecular complexity index is 848. The summed E-state index contributed by atoms with van der Waals surface area (Å²) in [5.41, 5.74) is 3.07. The van der Waals surface area contributed by atoms with E-state index in [4.69, 9.17) is 4.74 Å². The first-order chi connectivity index (χ1) is 15.2. The summed E-state index contributed by atoms with van der Waals surface area (Å²) < 4.78 is 35.3. The minimum Gasteiger partial charge on any atom is -0.434 e. The normalized spacial score (nSPS) is 14.7. The number of ether oxygens (including phenoxy) is 2. The van der Waals surface area contributed by atoms with Crippen molar-refractivity contribution in [3.8, 4) is 5.75 Å². The second-order valence-electron chi connectivity index (χ2n) is 7.19. The topological polar surface area (TPSA) is 58.1 Å². The number of aliphatic imine (C=N–C) groups is 1. The van der Waals surface area contributed by atoms with Gasteiger partial charge in [-0.15, -0.1) is 24.0 Å². The molecule has 1 aliphatic heterocycles. The van der Waals surface area contributed by atoms with E-state index in [0.717, 1.165) is 32.8 Å². The first kappa shape index (κ1) is 26.3. The van der Waals surface area contributed by atoms with Crippen LogP contribution in [0, 0.1) is 0 Å². The van der Waals surface area contributed by atoms with Gasteiger partial charge in [0.2, 0.25) is 0 Å². The van der Waals surface area contributed by atoms with Gasteiger partial charge in [-0.25, -0.2) is 4.99 Å². The molecule has 0 spiro atoms. The SMILES string of the molecule is CCNC(=NCc1ccccc1OC(F)F)NCc1ccccc1CN1CCOCC1.I. The summed E-state index contributed by atoms with van der Waals surface area (Å²) in [5, 5.41) is 6.56. The van der Waals surface area contributed by atoms with Crippen LogP contribution in [0.3, 0.4) is 0 Å². The molecule has 1 saturated heterocycles. The van der Waals surface area contributed by atoms with Gasteiger partial charge in [0.05, 0.1) is 19.8 Å². The molecule has 6 nitrogen and oxygen atoms in total. The third-order valence-electron chi connectivity index (χ3n) is 5.00. The lowest BCUT2D eigenvalue weighted by atomic mass is 10.1. The molecule has 0 amide bonds. The molecule has 0 bridgehead atoms. The minimum atomic E-state index is -2.86. The number of para-hydroxylation sites is 1. The number of hydrogen-bond donors (Lipinski definition) is 2. The maximum absolute atomic E-state index is 12.6. The predicted octanol–water partition coefficient (Wildman–Crippen LogP) is 3.99. The Morgan fingerprint density at radius 3 is 2.38 bits per heavy atom. The van der Waals surface area contributed by atoms with E-state index in [2.05, 4.69) is 43.5 Å². The number of nitrogens with zero attached hydrogens (tertiary/aromatic N) is 2. The fourth-order valence-corrected chi connectivity index (χ4v) is 3.41. The highest BCUT2D eigenvalue weighted by Crippen LogP contribution is 2.21. The van der Waals surface area contributed by atoms with E-state index < -0.39 is 6.61 Å². The highest BCUT2D eigenvalue weighted by molar-refractivity contribution is 14.0. The highest BCUT2D eigenvalue weighted by atomic mass is 127. The van der Waals surface area contributed by atoms with E-state index in [1.165, 1.54) is 17.2 Å². The second-order valence-corrected chi connectivity index (χ2v) is 7.19. The Hall–Kier alpha value is -1.98. The first-order valence-corrected chi connectivity index (χ1v) is 10.6. The van der Waals surface area contributed by atoms with Gasteiger partial charge in [0.1, 0.15) is 5.75 Å². The zero-order valence-corrected chi connectivity index (χ0v) is 20.6. The molecular formula is C23H31F2IN4O2. The Morgan fingerprint density at radius 2 is 1.69 bits per heavy atom. The number of halogens is 3. The molecule has 32 heavy (non-hydrogen) atoms. The van der Waals surface area contributed by atoms with Crippen LogP contribution in [0.1, 0.15) is 23.6 Å². The number of rotatable bonds is 9.